The van der Waals surface area contributed by atoms with Crippen molar-refractivity contribution in [3.63, 3.8) is 0 Å². The predicted molar refractivity (Wildman–Crippen MR) is 114 cm³/mol. The van der Waals surface area contributed by atoms with Crippen LogP contribution in [0.15, 0.2) is 24.5 Å². The van der Waals surface area contributed by atoms with Gasteiger partial charge in [-0.3, -0.25) is 9.78 Å². The molecule has 3 saturated heterocycles. The third-order valence-electron chi connectivity index (χ3n) is 6.77. The number of piperidine rings is 1. The first-order valence-electron chi connectivity index (χ1n) is 11.3. The van der Waals surface area contributed by atoms with Crippen LogP contribution in [0.1, 0.15) is 51.5 Å². The molecular formula is C23H34N4O3. The van der Waals surface area contributed by atoms with Crippen molar-refractivity contribution < 1.29 is 14.3 Å². The summed E-state index contributed by atoms with van der Waals surface area (Å²) < 4.78 is 5.77. The average molecular weight is 415 g/mol. The largest absolute Gasteiger partial charge is 0.379 e. The highest BCUT2D eigenvalue weighted by Crippen LogP contribution is 2.38. The molecule has 1 spiro atoms. The number of amides is 3. The lowest BCUT2D eigenvalue weighted by Crippen LogP contribution is -2.56. The molecule has 3 amide bonds. The molecule has 1 unspecified atom stereocenters. The number of hydrogen-bond donors (Lipinski definition) is 0. The standard InChI is InChI=1S/C23H34N4O3/c1-18(2)5-6-21(28)25-11-7-20(8-12-25)27-22(29)26(15-19-4-3-10-24-14-19)16-23(27)9-13-30-17-23/h3-4,10,14,18,20H,5-9,11-13,15-17H2,1-2H3. The second-order valence-corrected chi connectivity index (χ2v) is 9.44. The Morgan fingerprint density at radius 2 is 2.13 bits per heavy atom. The van der Waals surface area contributed by atoms with Crippen molar-refractivity contribution in [2.24, 2.45) is 5.92 Å². The molecular weight excluding hydrogens is 380 g/mol. The lowest BCUT2D eigenvalue weighted by Gasteiger charge is -2.42. The smallest absolute Gasteiger partial charge is 0.321 e. The number of ether oxygens (including phenoxy) is 1. The van der Waals surface area contributed by atoms with Gasteiger partial charge in [-0.2, -0.15) is 0 Å². The molecule has 3 aliphatic heterocycles. The van der Waals surface area contributed by atoms with Crippen LogP contribution in [0.25, 0.3) is 0 Å². The van der Waals surface area contributed by atoms with Crippen molar-refractivity contribution in [1.82, 2.24) is 19.7 Å². The lowest BCUT2D eigenvalue weighted by atomic mass is 9.92. The molecule has 4 heterocycles. The molecule has 4 rings (SSSR count). The molecule has 164 valence electrons. The molecule has 0 aliphatic carbocycles. The van der Waals surface area contributed by atoms with Crippen molar-refractivity contribution in [3.05, 3.63) is 30.1 Å². The number of urea groups is 1. The fraction of sp³-hybridized carbons (Fsp3) is 0.696. The fourth-order valence-electron chi connectivity index (χ4n) is 5.09. The monoisotopic (exact) mass is 414 g/mol. The second-order valence-electron chi connectivity index (χ2n) is 9.44. The maximum absolute atomic E-state index is 13.5. The molecule has 1 aromatic heterocycles. The number of nitrogens with zero attached hydrogens (tertiary/aromatic N) is 4. The summed E-state index contributed by atoms with van der Waals surface area (Å²) in [6.07, 6.45) is 7.73. The molecule has 3 aliphatic rings. The van der Waals surface area contributed by atoms with Gasteiger partial charge in [0.25, 0.3) is 0 Å². The molecule has 3 fully saturated rings. The van der Waals surface area contributed by atoms with Crippen LogP contribution in [0.3, 0.4) is 0 Å². The van der Waals surface area contributed by atoms with E-state index in [-0.39, 0.29) is 23.5 Å². The quantitative estimate of drug-likeness (QED) is 0.718. The van der Waals surface area contributed by atoms with Crippen molar-refractivity contribution in [2.45, 2.75) is 64.1 Å². The summed E-state index contributed by atoms with van der Waals surface area (Å²) in [6, 6.07) is 4.21. The Balaban J connectivity index is 1.42. The first-order chi connectivity index (χ1) is 14.5. The summed E-state index contributed by atoms with van der Waals surface area (Å²) in [7, 11) is 0. The van der Waals surface area contributed by atoms with Gasteiger partial charge in [0, 0.05) is 57.6 Å². The maximum atomic E-state index is 13.5. The van der Waals surface area contributed by atoms with E-state index in [2.05, 4.69) is 23.7 Å². The van der Waals surface area contributed by atoms with Crippen LogP contribution < -0.4 is 0 Å². The van der Waals surface area contributed by atoms with E-state index >= 15 is 0 Å². The fourth-order valence-corrected chi connectivity index (χ4v) is 5.09. The molecule has 0 aromatic carbocycles. The van der Waals surface area contributed by atoms with E-state index in [0.29, 0.717) is 38.6 Å². The zero-order valence-corrected chi connectivity index (χ0v) is 18.3. The summed E-state index contributed by atoms with van der Waals surface area (Å²) in [5.41, 5.74) is 0.820. The predicted octanol–water partition coefficient (Wildman–Crippen LogP) is 2.91. The average Bonchev–Trinajstić information content (AvgIpc) is 3.31. The van der Waals surface area contributed by atoms with Gasteiger partial charge < -0.3 is 19.4 Å². The van der Waals surface area contributed by atoms with E-state index in [0.717, 1.165) is 44.3 Å². The summed E-state index contributed by atoms with van der Waals surface area (Å²) in [5.74, 6) is 0.800. The van der Waals surface area contributed by atoms with Crippen molar-refractivity contribution in [1.29, 1.82) is 0 Å². The summed E-state index contributed by atoms with van der Waals surface area (Å²) in [6.45, 7) is 8.38. The van der Waals surface area contributed by atoms with E-state index in [1.165, 1.54) is 0 Å². The molecule has 30 heavy (non-hydrogen) atoms. The highest BCUT2D eigenvalue weighted by molar-refractivity contribution is 5.79. The number of carbonyl (C=O) groups is 2. The number of aromatic nitrogens is 1. The third kappa shape index (κ3) is 4.31. The van der Waals surface area contributed by atoms with Crippen molar-refractivity contribution in [2.75, 3.05) is 32.8 Å². The molecule has 1 aromatic rings. The van der Waals surface area contributed by atoms with E-state index in [1.807, 2.05) is 28.1 Å². The van der Waals surface area contributed by atoms with E-state index in [1.54, 1.807) is 6.20 Å². The Hall–Kier alpha value is -2.15. The molecule has 7 nitrogen and oxygen atoms in total. The summed E-state index contributed by atoms with van der Waals surface area (Å²) >= 11 is 0. The Labute approximate surface area is 179 Å². The Kier molecular flexibility index (Phi) is 6.27. The minimum absolute atomic E-state index is 0.105. The molecule has 0 saturated carbocycles. The van der Waals surface area contributed by atoms with Crippen LogP contribution in [0, 0.1) is 5.92 Å². The van der Waals surface area contributed by atoms with Crippen molar-refractivity contribution in [3.8, 4) is 0 Å². The van der Waals surface area contributed by atoms with Gasteiger partial charge in [-0.15, -0.1) is 0 Å². The highest BCUT2D eigenvalue weighted by atomic mass is 16.5. The highest BCUT2D eigenvalue weighted by Gasteiger charge is 2.54. The minimum atomic E-state index is -0.228. The zero-order valence-electron chi connectivity index (χ0n) is 18.3. The van der Waals surface area contributed by atoms with Gasteiger partial charge >= 0.3 is 6.03 Å². The van der Waals surface area contributed by atoms with Gasteiger partial charge in [-0.1, -0.05) is 19.9 Å². The third-order valence-corrected chi connectivity index (χ3v) is 6.77. The summed E-state index contributed by atoms with van der Waals surface area (Å²) in [4.78, 5) is 36.2. The lowest BCUT2D eigenvalue weighted by molar-refractivity contribution is -0.133. The van der Waals surface area contributed by atoms with Crippen LogP contribution >= 0.6 is 0 Å². The first kappa shape index (κ1) is 21.1. The van der Waals surface area contributed by atoms with E-state index in [9.17, 15) is 9.59 Å². The number of hydrogen-bond acceptors (Lipinski definition) is 4. The van der Waals surface area contributed by atoms with Gasteiger partial charge in [0.2, 0.25) is 5.91 Å². The molecule has 0 radical (unpaired) electrons. The molecule has 0 N–H and O–H groups in total. The Morgan fingerprint density at radius 3 is 2.77 bits per heavy atom. The Bertz CT molecular complexity index is 740. The molecule has 7 heteroatoms. The number of pyridine rings is 1. The molecule has 1 atom stereocenters. The Morgan fingerprint density at radius 1 is 1.33 bits per heavy atom. The number of carbonyl (C=O) groups excluding carboxylic acids is 2. The normalized spacial score (nSPS) is 25.2. The maximum Gasteiger partial charge on any atom is 0.321 e. The number of likely N-dealkylation sites (tertiary alicyclic amines) is 1. The van der Waals surface area contributed by atoms with Crippen LogP contribution in [0.4, 0.5) is 4.79 Å². The second kappa shape index (κ2) is 8.92. The van der Waals surface area contributed by atoms with Gasteiger partial charge in [0.05, 0.1) is 12.1 Å². The van der Waals surface area contributed by atoms with E-state index in [4.69, 9.17) is 4.74 Å². The zero-order chi connectivity index (χ0) is 21.1. The summed E-state index contributed by atoms with van der Waals surface area (Å²) in [5, 5.41) is 0. The minimum Gasteiger partial charge on any atom is -0.379 e. The van der Waals surface area contributed by atoms with Crippen LogP contribution in [-0.4, -0.2) is 76.1 Å². The van der Waals surface area contributed by atoms with Crippen LogP contribution in [0.2, 0.25) is 0 Å². The van der Waals surface area contributed by atoms with E-state index < -0.39 is 0 Å². The van der Waals surface area contributed by atoms with Gasteiger partial charge in [0.15, 0.2) is 0 Å². The van der Waals surface area contributed by atoms with Crippen molar-refractivity contribution >= 4 is 11.9 Å². The molecule has 0 bridgehead atoms. The van der Waals surface area contributed by atoms with Crippen LogP contribution in [-0.2, 0) is 16.1 Å². The topological polar surface area (TPSA) is 66.0 Å². The van der Waals surface area contributed by atoms with Gasteiger partial charge in [0.1, 0.15) is 0 Å². The SMILES string of the molecule is CC(C)CCC(=O)N1CCC(N2C(=O)N(Cc3cccnc3)CC23CCOC3)CC1. The van der Waals surface area contributed by atoms with Crippen LogP contribution in [0.5, 0.6) is 0 Å². The number of rotatable bonds is 6. The first-order valence-corrected chi connectivity index (χ1v) is 11.3. The van der Waals surface area contributed by atoms with Gasteiger partial charge in [-0.05, 0) is 43.2 Å². The van der Waals surface area contributed by atoms with Gasteiger partial charge in [-0.25, -0.2) is 4.79 Å².